The van der Waals surface area contributed by atoms with Crippen molar-refractivity contribution in [2.24, 2.45) is 0 Å². The van der Waals surface area contributed by atoms with E-state index in [0.717, 1.165) is 55.7 Å². The first-order valence-electron chi connectivity index (χ1n) is 21.6. The standard InChI is InChI=1S/C59H36N4S/c1-3-15-37(16-4-1)40-22-13-23-43(33-40)58-60-57(39-18-5-2-6-19-39)61-59(62-58)48-31-30-44(63-51-27-12-11-25-46(51)50-34-41-20-7-8-21-42(41)35-52(50)63)36-49(48)47-26-14-28-53-56(47)55-45-24-10-9-17-38(45)29-32-54(55)64-53/h1-36H. The lowest BCUT2D eigenvalue weighted by Gasteiger charge is -2.17. The van der Waals surface area contributed by atoms with Crippen molar-refractivity contribution in [3.05, 3.63) is 218 Å². The number of benzene rings is 10. The number of thiophene rings is 1. The summed E-state index contributed by atoms with van der Waals surface area (Å²) in [6.45, 7) is 0. The molecule has 0 aliphatic carbocycles. The zero-order valence-electron chi connectivity index (χ0n) is 34.5. The Morgan fingerprint density at radius 1 is 0.312 bits per heavy atom. The molecule has 13 rings (SSSR count). The van der Waals surface area contributed by atoms with Crippen LogP contribution in [0.4, 0.5) is 0 Å². The van der Waals surface area contributed by atoms with Gasteiger partial charge in [-0.2, -0.15) is 0 Å². The molecule has 0 unspecified atom stereocenters. The second-order valence-corrected chi connectivity index (χ2v) is 17.4. The van der Waals surface area contributed by atoms with Crippen LogP contribution in [0.25, 0.3) is 126 Å². The highest BCUT2D eigenvalue weighted by Crippen LogP contribution is 2.46. The van der Waals surface area contributed by atoms with E-state index in [1.807, 2.05) is 35.6 Å². The van der Waals surface area contributed by atoms with Crippen LogP contribution in [0, 0.1) is 0 Å². The Balaban J connectivity index is 1.12. The minimum atomic E-state index is 0.616. The molecule has 0 spiro atoms. The maximum atomic E-state index is 5.40. The molecule has 298 valence electrons. The van der Waals surface area contributed by atoms with Gasteiger partial charge in [-0.15, -0.1) is 11.3 Å². The summed E-state index contributed by atoms with van der Waals surface area (Å²) in [6.07, 6.45) is 0. The Morgan fingerprint density at radius 2 is 0.938 bits per heavy atom. The van der Waals surface area contributed by atoms with Crippen LogP contribution in [0.3, 0.4) is 0 Å². The van der Waals surface area contributed by atoms with Gasteiger partial charge >= 0.3 is 0 Å². The molecule has 3 heterocycles. The van der Waals surface area contributed by atoms with Crippen molar-refractivity contribution < 1.29 is 0 Å². The summed E-state index contributed by atoms with van der Waals surface area (Å²) >= 11 is 1.85. The molecule has 13 aromatic rings. The maximum Gasteiger partial charge on any atom is 0.164 e. The van der Waals surface area contributed by atoms with Crippen LogP contribution in [-0.2, 0) is 0 Å². The molecule has 0 aliphatic heterocycles. The topological polar surface area (TPSA) is 43.6 Å². The van der Waals surface area contributed by atoms with Gasteiger partial charge in [0.15, 0.2) is 17.5 Å². The summed E-state index contributed by atoms with van der Waals surface area (Å²) in [7, 11) is 0. The Kier molecular flexibility index (Phi) is 8.36. The molecule has 0 radical (unpaired) electrons. The number of para-hydroxylation sites is 1. The predicted octanol–water partition coefficient (Wildman–Crippen LogP) is 16.0. The molecular weight excluding hydrogens is 797 g/mol. The lowest BCUT2D eigenvalue weighted by Crippen LogP contribution is -2.02. The van der Waals surface area contributed by atoms with Gasteiger partial charge < -0.3 is 4.57 Å². The van der Waals surface area contributed by atoms with E-state index in [1.165, 1.54) is 52.5 Å². The van der Waals surface area contributed by atoms with E-state index in [9.17, 15) is 0 Å². The van der Waals surface area contributed by atoms with E-state index in [1.54, 1.807) is 0 Å². The van der Waals surface area contributed by atoms with Gasteiger partial charge in [0.05, 0.1) is 11.0 Å². The number of hydrogen-bond acceptors (Lipinski definition) is 4. The largest absolute Gasteiger partial charge is 0.309 e. The lowest BCUT2D eigenvalue weighted by molar-refractivity contribution is 1.07. The van der Waals surface area contributed by atoms with Crippen LogP contribution >= 0.6 is 11.3 Å². The fraction of sp³-hybridized carbons (Fsp3) is 0. The zero-order chi connectivity index (χ0) is 42.1. The van der Waals surface area contributed by atoms with E-state index in [4.69, 9.17) is 15.0 Å². The van der Waals surface area contributed by atoms with Gasteiger partial charge in [-0.05, 0) is 98.4 Å². The van der Waals surface area contributed by atoms with Crippen LogP contribution in [0.5, 0.6) is 0 Å². The zero-order valence-corrected chi connectivity index (χ0v) is 35.3. The molecule has 0 saturated carbocycles. The van der Waals surface area contributed by atoms with E-state index in [0.29, 0.717) is 17.5 Å². The molecule has 64 heavy (non-hydrogen) atoms. The molecule has 3 aromatic heterocycles. The quantitative estimate of drug-likeness (QED) is 0.168. The van der Waals surface area contributed by atoms with Gasteiger partial charge in [0.2, 0.25) is 0 Å². The van der Waals surface area contributed by atoms with E-state index >= 15 is 0 Å². The van der Waals surface area contributed by atoms with Gasteiger partial charge in [0.1, 0.15) is 0 Å². The Morgan fingerprint density at radius 3 is 1.77 bits per heavy atom. The number of hydrogen-bond donors (Lipinski definition) is 0. The predicted molar refractivity (Wildman–Crippen MR) is 269 cm³/mol. The molecule has 0 amide bonds. The number of fused-ring (bicyclic) bond motifs is 9. The first-order valence-corrected chi connectivity index (χ1v) is 22.4. The third-order valence-corrected chi connectivity index (χ3v) is 13.7. The average Bonchev–Trinajstić information content (AvgIpc) is 3.92. The molecular formula is C59H36N4S. The van der Waals surface area contributed by atoms with E-state index in [2.05, 4.69) is 199 Å². The molecule has 0 saturated heterocycles. The monoisotopic (exact) mass is 832 g/mol. The minimum Gasteiger partial charge on any atom is -0.309 e. The summed E-state index contributed by atoms with van der Waals surface area (Å²) < 4.78 is 4.93. The summed E-state index contributed by atoms with van der Waals surface area (Å²) in [5, 5.41) is 9.86. The van der Waals surface area contributed by atoms with Crippen molar-refractivity contribution in [1.82, 2.24) is 19.5 Å². The summed E-state index contributed by atoms with van der Waals surface area (Å²) in [4.78, 5) is 15.9. The van der Waals surface area contributed by atoms with Crippen molar-refractivity contribution in [3.8, 4) is 62.1 Å². The number of nitrogens with zero attached hydrogens (tertiary/aromatic N) is 4. The second-order valence-electron chi connectivity index (χ2n) is 16.4. The van der Waals surface area contributed by atoms with Gasteiger partial charge in [-0.1, -0.05) is 164 Å². The fourth-order valence-electron chi connectivity index (χ4n) is 9.64. The molecule has 4 nitrogen and oxygen atoms in total. The van der Waals surface area contributed by atoms with Crippen molar-refractivity contribution in [1.29, 1.82) is 0 Å². The van der Waals surface area contributed by atoms with Crippen LogP contribution in [0.1, 0.15) is 0 Å². The van der Waals surface area contributed by atoms with Crippen molar-refractivity contribution in [2.75, 3.05) is 0 Å². The van der Waals surface area contributed by atoms with Crippen LogP contribution < -0.4 is 0 Å². The van der Waals surface area contributed by atoms with E-state index < -0.39 is 0 Å². The molecule has 0 N–H and O–H groups in total. The molecule has 10 aromatic carbocycles. The molecule has 0 atom stereocenters. The molecule has 0 aliphatic rings. The molecule has 5 heteroatoms. The summed E-state index contributed by atoms with van der Waals surface area (Å²) in [6, 6.07) is 78.1. The van der Waals surface area contributed by atoms with Gasteiger partial charge in [0.25, 0.3) is 0 Å². The fourth-order valence-corrected chi connectivity index (χ4v) is 10.8. The van der Waals surface area contributed by atoms with Crippen molar-refractivity contribution >= 4 is 74.9 Å². The highest BCUT2D eigenvalue weighted by Gasteiger charge is 2.22. The smallest absolute Gasteiger partial charge is 0.164 e. The maximum absolute atomic E-state index is 5.40. The van der Waals surface area contributed by atoms with Gasteiger partial charge in [0, 0.05) is 53.3 Å². The first-order chi connectivity index (χ1) is 31.7. The van der Waals surface area contributed by atoms with Crippen molar-refractivity contribution in [2.45, 2.75) is 0 Å². The highest BCUT2D eigenvalue weighted by molar-refractivity contribution is 7.26. The first kappa shape index (κ1) is 36.4. The third kappa shape index (κ3) is 5.93. The summed E-state index contributed by atoms with van der Waals surface area (Å²) in [5.41, 5.74) is 10.6. The van der Waals surface area contributed by atoms with Crippen LogP contribution in [0.2, 0.25) is 0 Å². The molecule has 0 fully saturated rings. The second kappa shape index (κ2) is 14.7. The minimum absolute atomic E-state index is 0.616. The number of rotatable bonds is 6. The normalized spacial score (nSPS) is 11.8. The average molecular weight is 833 g/mol. The van der Waals surface area contributed by atoms with Crippen molar-refractivity contribution in [3.63, 3.8) is 0 Å². The van der Waals surface area contributed by atoms with Crippen LogP contribution in [-0.4, -0.2) is 19.5 Å². The highest BCUT2D eigenvalue weighted by atomic mass is 32.1. The summed E-state index contributed by atoms with van der Waals surface area (Å²) in [5.74, 6) is 1.86. The third-order valence-electron chi connectivity index (χ3n) is 12.6. The number of aromatic nitrogens is 4. The SMILES string of the molecule is c1ccc(-c2cccc(-c3nc(-c4ccccc4)nc(-c4ccc(-n5c6ccccc6c6cc7ccccc7cc65)cc4-c4cccc5sc6ccc7ccccc7c6c45)n3)c2)cc1. The van der Waals surface area contributed by atoms with E-state index in [-0.39, 0.29) is 0 Å². The lowest BCUT2D eigenvalue weighted by atomic mass is 9.93. The molecule has 0 bridgehead atoms. The van der Waals surface area contributed by atoms with Gasteiger partial charge in [-0.25, -0.2) is 15.0 Å². The van der Waals surface area contributed by atoms with Crippen LogP contribution in [0.15, 0.2) is 218 Å². The Bertz CT molecular complexity index is 3960. The van der Waals surface area contributed by atoms with Gasteiger partial charge in [-0.3, -0.25) is 0 Å². The Labute approximate surface area is 373 Å². The Hall–Kier alpha value is -8.25.